The molecule has 0 fully saturated rings. The first-order valence-corrected chi connectivity index (χ1v) is 8.25. The minimum Gasteiger partial charge on any atom is -0.300 e. The first-order chi connectivity index (χ1) is 8.40. The van der Waals surface area contributed by atoms with Crippen LogP contribution in [0.4, 0.5) is 0 Å². The summed E-state index contributed by atoms with van der Waals surface area (Å²) >= 11 is 16.6. The summed E-state index contributed by atoms with van der Waals surface area (Å²) in [7, 11) is -3.94. The van der Waals surface area contributed by atoms with Crippen molar-refractivity contribution < 1.29 is 22.9 Å². The third-order valence-corrected chi connectivity index (χ3v) is 4.56. The molecule has 0 heterocycles. The maximum Gasteiger partial charge on any atom is 0.476 e. The predicted molar refractivity (Wildman–Crippen MR) is 71.8 cm³/mol. The summed E-state index contributed by atoms with van der Waals surface area (Å²) in [4.78, 5) is 10.6. The molecule has 5 nitrogen and oxygen atoms in total. The molecule has 0 amide bonds. The molecule has 0 saturated carbocycles. The number of hydrogen-bond donors (Lipinski definition) is 0. The van der Waals surface area contributed by atoms with Crippen LogP contribution in [0.3, 0.4) is 0 Å². The average Bonchev–Trinajstić information content (AvgIpc) is 2.35. The molecule has 0 rings (SSSR count). The van der Waals surface area contributed by atoms with Gasteiger partial charge in [-0.3, -0.25) is 13.6 Å². The highest BCUT2D eigenvalue weighted by Gasteiger charge is 2.34. The molecule has 108 valence electrons. The second kappa shape index (κ2) is 9.54. The van der Waals surface area contributed by atoms with Gasteiger partial charge in [-0.25, -0.2) is 4.57 Å². The minimum atomic E-state index is -3.94. The fourth-order valence-electron chi connectivity index (χ4n) is 0.827. The van der Waals surface area contributed by atoms with Gasteiger partial charge >= 0.3 is 7.82 Å². The van der Waals surface area contributed by atoms with Crippen LogP contribution in [0.2, 0.25) is 0 Å². The van der Waals surface area contributed by atoms with E-state index in [-0.39, 0.29) is 17.6 Å². The molecular formula is C9H16Cl3O5P. The van der Waals surface area contributed by atoms with Crippen molar-refractivity contribution in [2.45, 2.75) is 32.2 Å². The lowest BCUT2D eigenvalue weighted by atomic mass is 10.5. The van der Waals surface area contributed by atoms with E-state index in [1.165, 1.54) is 0 Å². The quantitative estimate of drug-likeness (QED) is 0.347. The molecule has 0 aromatic carbocycles. The van der Waals surface area contributed by atoms with E-state index in [4.69, 9.17) is 48.4 Å². The number of halogens is 3. The Hall–Kier alpha value is 0.650. The van der Waals surface area contributed by atoms with Crippen LogP contribution in [0.1, 0.15) is 13.8 Å². The van der Waals surface area contributed by atoms with Crippen molar-refractivity contribution in [1.82, 2.24) is 0 Å². The highest BCUT2D eigenvalue weighted by Crippen LogP contribution is 2.52. The normalized spacial score (nSPS) is 19.8. The second-order valence-electron chi connectivity index (χ2n) is 3.52. The van der Waals surface area contributed by atoms with Crippen molar-refractivity contribution in [3.05, 3.63) is 0 Å². The number of hydrogen-bond acceptors (Lipinski definition) is 5. The van der Waals surface area contributed by atoms with Crippen LogP contribution >= 0.6 is 42.6 Å². The Bertz CT molecular complexity index is 275. The molecule has 3 unspecified atom stereocenters. The Morgan fingerprint density at radius 3 is 1.72 bits per heavy atom. The first kappa shape index (κ1) is 18.7. The smallest absolute Gasteiger partial charge is 0.300 e. The van der Waals surface area contributed by atoms with E-state index in [2.05, 4.69) is 0 Å². The van der Waals surface area contributed by atoms with Crippen molar-refractivity contribution in [3.63, 3.8) is 0 Å². The summed E-state index contributed by atoms with van der Waals surface area (Å²) < 4.78 is 27.4. The molecule has 0 bridgehead atoms. The van der Waals surface area contributed by atoms with Crippen LogP contribution in [0.25, 0.3) is 0 Å². The molecule has 18 heavy (non-hydrogen) atoms. The van der Waals surface area contributed by atoms with Crippen molar-refractivity contribution in [1.29, 1.82) is 0 Å². The lowest BCUT2D eigenvalue weighted by Gasteiger charge is -2.24. The highest BCUT2D eigenvalue weighted by atomic mass is 35.5. The van der Waals surface area contributed by atoms with Crippen LogP contribution in [0.5, 0.6) is 0 Å². The minimum absolute atomic E-state index is 0.0958. The maximum atomic E-state index is 12.3. The first-order valence-electron chi connectivity index (χ1n) is 5.19. The van der Waals surface area contributed by atoms with Crippen LogP contribution in [-0.2, 0) is 22.9 Å². The Morgan fingerprint density at radius 1 is 1.00 bits per heavy atom. The van der Waals surface area contributed by atoms with Crippen LogP contribution < -0.4 is 0 Å². The van der Waals surface area contributed by atoms with Gasteiger partial charge in [-0.2, -0.15) is 0 Å². The number of aldehydes is 1. The number of phosphoric ester groups is 1. The van der Waals surface area contributed by atoms with Crippen molar-refractivity contribution in [2.75, 3.05) is 17.6 Å². The van der Waals surface area contributed by atoms with Gasteiger partial charge in [-0.05, 0) is 13.8 Å². The lowest BCUT2D eigenvalue weighted by Crippen LogP contribution is -2.21. The average molecular weight is 342 g/mol. The SMILES string of the molecule is CC(CCl)OP(=O)(OC(C)CCl)OC(C=O)CCl. The van der Waals surface area contributed by atoms with Gasteiger partial charge in [0.25, 0.3) is 0 Å². The summed E-state index contributed by atoms with van der Waals surface area (Å²) in [6.45, 7) is 3.18. The van der Waals surface area contributed by atoms with E-state index < -0.39 is 26.1 Å². The standard InChI is InChI=1S/C9H16Cl3O5P/c1-7(3-10)15-18(14,16-8(2)4-11)17-9(5-12)6-13/h6-9H,3-5H2,1-2H3. The van der Waals surface area contributed by atoms with Gasteiger partial charge in [0.05, 0.1) is 18.1 Å². The number of rotatable bonds is 10. The largest absolute Gasteiger partial charge is 0.476 e. The molecule has 0 radical (unpaired) electrons. The van der Waals surface area contributed by atoms with E-state index in [1.807, 2.05) is 0 Å². The van der Waals surface area contributed by atoms with Crippen LogP contribution in [-0.4, -0.2) is 42.2 Å². The fourth-order valence-corrected chi connectivity index (χ4v) is 2.99. The summed E-state index contributed by atoms with van der Waals surface area (Å²) in [6, 6.07) is 0. The topological polar surface area (TPSA) is 61.8 Å². The molecule has 0 aromatic heterocycles. The van der Waals surface area contributed by atoms with Crippen molar-refractivity contribution >= 4 is 48.9 Å². The van der Waals surface area contributed by atoms with E-state index in [9.17, 15) is 9.36 Å². The molecule has 0 aliphatic heterocycles. The summed E-state index contributed by atoms with van der Waals surface area (Å²) in [6.07, 6.45) is -1.80. The summed E-state index contributed by atoms with van der Waals surface area (Å²) in [5, 5.41) is 0. The molecule has 9 heteroatoms. The van der Waals surface area contributed by atoms with Gasteiger partial charge in [0.2, 0.25) is 0 Å². The number of carbonyl (C=O) groups is 1. The molecule has 0 aliphatic rings. The van der Waals surface area contributed by atoms with Crippen LogP contribution in [0.15, 0.2) is 0 Å². The van der Waals surface area contributed by atoms with E-state index >= 15 is 0 Å². The Morgan fingerprint density at radius 2 is 1.44 bits per heavy atom. The predicted octanol–water partition coefficient (Wildman–Crippen LogP) is 3.21. The Kier molecular flexibility index (Phi) is 9.88. The third kappa shape index (κ3) is 7.29. The van der Waals surface area contributed by atoms with Crippen molar-refractivity contribution in [3.8, 4) is 0 Å². The lowest BCUT2D eigenvalue weighted by molar-refractivity contribution is -0.114. The van der Waals surface area contributed by atoms with Gasteiger partial charge in [-0.1, -0.05) is 0 Å². The van der Waals surface area contributed by atoms with Gasteiger partial charge in [0.15, 0.2) is 6.29 Å². The maximum absolute atomic E-state index is 12.3. The number of phosphoric acid groups is 1. The molecule has 0 spiro atoms. The molecule has 0 saturated heterocycles. The summed E-state index contributed by atoms with van der Waals surface area (Å²) in [5.74, 6) is 0.0297. The van der Waals surface area contributed by atoms with Gasteiger partial charge in [0, 0.05) is 11.8 Å². The second-order valence-corrected chi connectivity index (χ2v) is 5.97. The zero-order valence-corrected chi connectivity index (χ0v) is 13.2. The van der Waals surface area contributed by atoms with Gasteiger partial charge < -0.3 is 4.79 Å². The molecule has 0 N–H and O–H groups in total. The zero-order chi connectivity index (χ0) is 14.2. The summed E-state index contributed by atoms with van der Waals surface area (Å²) in [5.41, 5.74) is 0. The number of alkyl halides is 3. The van der Waals surface area contributed by atoms with Crippen LogP contribution in [0, 0.1) is 0 Å². The van der Waals surface area contributed by atoms with Gasteiger partial charge in [-0.15, -0.1) is 34.8 Å². The molecule has 0 aromatic rings. The highest BCUT2D eigenvalue weighted by molar-refractivity contribution is 7.48. The Balaban J connectivity index is 4.78. The zero-order valence-electron chi connectivity index (χ0n) is 10.1. The monoisotopic (exact) mass is 340 g/mol. The molecular weight excluding hydrogens is 325 g/mol. The Labute approximate surface area is 122 Å². The fraction of sp³-hybridized carbons (Fsp3) is 0.889. The van der Waals surface area contributed by atoms with E-state index in [0.29, 0.717) is 6.29 Å². The van der Waals surface area contributed by atoms with E-state index in [1.54, 1.807) is 13.8 Å². The van der Waals surface area contributed by atoms with E-state index in [0.717, 1.165) is 0 Å². The molecule has 0 aliphatic carbocycles. The van der Waals surface area contributed by atoms with Gasteiger partial charge in [0.1, 0.15) is 6.10 Å². The van der Waals surface area contributed by atoms with Crippen molar-refractivity contribution in [2.24, 2.45) is 0 Å². The third-order valence-electron chi connectivity index (χ3n) is 1.62. The number of carbonyl (C=O) groups excluding carboxylic acids is 1. The molecule has 3 atom stereocenters.